The Labute approximate surface area is 155 Å². The minimum atomic E-state index is -0.235. The standard InChI is InChI=1S/C22H18FNOS/c1-13-4-9-16-20(11-13)26-22-21(16)17(19-3-2-10-25-19)12-18(24-22)14-5-7-15(23)8-6-14/h2-3,5-8,10,12-13H,4,9,11H2,1H3/t13-/m1/s1. The van der Waals surface area contributed by atoms with Gasteiger partial charge in [-0.2, -0.15) is 0 Å². The molecule has 0 fully saturated rings. The first-order chi connectivity index (χ1) is 12.7. The van der Waals surface area contributed by atoms with E-state index in [1.54, 1.807) is 29.7 Å². The van der Waals surface area contributed by atoms with E-state index >= 15 is 0 Å². The van der Waals surface area contributed by atoms with Gasteiger partial charge in [0, 0.05) is 21.4 Å². The molecule has 0 N–H and O–H groups in total. The van der Waals surface area contributed by atoms with Crippen molar-refractivity contribution in [2.24, 2.45) is 5.92 Å². The van der Waals surface area contributed by atoms with Crippen LogP contribution in [0.1, 0.15) is 23.8 Å². The van der Waals surface area contributed by atoms with Crippen LogP contribution in [0.25, 0.3) is 32.8 Å². The number of halogens is 1. The molecule has 0 bridgehead atoms. The highest BCUT2D eigenvalue weighted by molar-refractivity contribution is 7.19. The highest BCUT2D eigenvalue weighted by Gasteiger charge is 2.24. The second-order valence-corrected chi connectivity index (χ2v) is 8.15. The maximum Gasteiger partial charge on any atom is 0.134 e. The number of thiophene rings is 1. The van der Waals surface area contributed by atoms with Crippen LogP contribution in [0, 0.1) is 11.7 Å². The molecule has 3 aromatic heterocycles. The summed E-state index contributed by atoms with van der Waals surface area (Å²) < 4.78 is 19.1. The first-order valence-electron chi connectivity index (χ1n) is 8.94. The van der Waals surface area contributed by atoms with Crippen LogP contribution >= 0.6 is 11.3 Å². The summed E-state index contributed by atoms with van der Waals surface area (Å²) in [5.74, 6) is 1.35. The summed E-state index contributed by atoms with van der Waals surface area (Å²) in [4.78, 5) is 7.44. The number of aromatic nitrogens is 1. The third kappa shape index (κ3) is 2.56. The van der Waals surface area contributed by atoms with Crippen LogP contribution < -0.4 is 0 Å². The lowest BCUT2D eigenvalue weighted by Gasteiger charge is -2.18. The minimum Gasteiger partial charge on any atom is -0.464 e. The third-order valence-electron chi connectivity index (χ3n) is 5.19. The molecule has 4 heteroatoms. The molecule has 0 aliphatic heterocycles. The van der Waals surface area contributed by atoms with E-state index in [1.807, 2.05) is 12.1 Å². The van der Waals surface area contributed by atoms with Crippen molar-refractivity contribution in [2.75, 3.05) is 0 Å². The molecule has 0 spiro atoms. The summed E-state index contributed by atoms with van der Waals surface area (Å²) in [5.41, 5.74) is 4.30. The number of pyridine rings is 1. The van der Waals surface area contributed by atoms with E-state index in [0.29, 0.717) is 0 Å². The molecule has 0 saturated heterocycles. The molecule has 0 radical (unpaired) electrons. The number of fused-ring (bicyclic) bond motifs is 3. The lowest BCUT2D eigenvalue weighted by atomic mass is 9.88. The number of hydrogen-bond donors (Lipinski definition) is 0. The van der Waals surface area contributed by atoms with Gasteiger partial charge in [0.2, 0.25) is 0 Å². The fourth-order valence-electron chi connectivity index (χ4n) is 3.84. The topological polar surface area (TPSA) is 26.0 Å². The molecule has 2 nitrogen and oxygen atoms in total. The minimum absolute atomic E-state index is 0.235. The predicted molar refractivity (Wildman–Crippen MR) is 104 cm³/mol. The average molecular weight is 363 g/mol. The van der Waals surface area contributed by atoms with Gasteiger partial charge in [0.25, 0.3) is 0 Å². The molecule has 130 valence electrons. The normalized spacial score (nSPS) is 16.8. The van der Waals surface area contributed by atoms with Crippen molar-refractivity contribution in [3.05, 3.63) is 65.0 Å². The number of hydrogen-bond acceptors (Lipinski definition) is 3. The van der Waals surface area contributed by atoms with Gasteiger partial charge in [-0.3, -0.25) is 0 Å². The molecular formula is C22H18FNOS. The van der Waals surface area contributed by atoms with E-state index in [0.717, 1.165) is 46.2 Å². The Morgan fingerprint density at radius 1 is 1.19 bits per heavy atom. The number of furan rings is 1. The quantitative estimate of drug-likeness (QED) is 0.407. The van der Waals surface area contributed by atoms with Crippen LogP contribution in [0.4, 0.5) is 4.39 Å². The lowest BCUT2D eigenvalue weighted by molar-refractivity contribution is 0.509. The van der Waals surface area contributed by atoms with E-state index in [1.165, 1.54) is 34.4 Å². The van der Waals surface area contributed by atoms with Gasteiger partial charge in [-0.1, -0.05) is 6.92 Å². The van der Waals surface area contributed by atoms with Crippen molar-refractivity contribution in [2.45, 2.75) is 26.2 Å². The maximum atomic E-state index is 13.3. The average Bonchev–Trinajstić information content (AvgIpc) is 3.28. The second kappa shape index (κ2) is 6.06. The summed E-state index contributed by atoms with van der Waals surface area (Å²) in [6, 6.07) is 12.5. The molecule has 26 heavy (non-hydrogen) atoms. The zero-order valence-electron chi connectivity index (χ0n) is 14.5. The van der Waals surface area contributed by atoms with Gasteiger partial charge >= 0.3 is 0 Å². The van der Waals surface area contributed by atoms with Crippen molar-refractivity contribution < 1.29 is 8.81 Å². The van der Waals surface area contributed by atoms with Crippen molar-refractivity contribution in [3.63, 3.8) is 0 Å². The predicted octanol–water partition coefficient (Wildman–Crippen LogP) is 6.49. The zero-order valence-corrected chi connectivity index (χ0v) is 15.3. The molecule has 0 saturated carbocycles. The van der Waals surface area contributed by atoms with Gasteiger partial charge in [0.1, 0.15) is 16.4 Å². The van der Waals surface area contributed by atoms with Crippen LogP contribution in [0.3, 0.4) is 0 Å². The van der Waals surface area contributed by atoms with Gasteiger partial charge in [-0.25, -0.2) is 9.37 Å². The summed E-state index contributed by atoms with van der Waals surface area (Å²) in [5, 5.41) is 1.23. The summed E-state index contributed by atoms with van der Waals surface area (Å²) in [7, 11) is 0. The smallest absolute Gasteiger partial charge is 0.134 e. The van der Waals surface area contributed by atoms with E-state index in [9.17, 15) is 4.39 Å². The van der Waals surface area contributed by atoms with Crippen molar-refractivity contribution in [1.29, 1.82) is 0 Å². The largest absolute Gasteiger partial charge is 0.464 e. The summed E-state index contributed by atoms with van der Waals surface area (Å²) >= 11 is 1.80. The lowest BCUT2D eigenvalue weighted by Crippen LogP contribution is -2.08. The first-order valence-corrected chi connectivity index (χ1v) is 9.76. The van der Waals surface area contributed by atoms with Crippen molar-refractivity contribution >= 4 is 21.6 Å². The molecule has 3 heterocycles. The SMILES string of the molecule is C[C@@H]1CCc2c(sc3nc(-c4ccc(F)cc4)cc(-c4ccco4)c23)C1. The van der Waals surface area contributed by atoms with Gasteiger partial charge in [-0.05, 0) is 73.2 Å². The Balaban J connectivity index is 1.78. The Bertz CT molecular complexity index is 1080. The van der Waals surface area contributed by atoms with Gasteiger partial charge in [-0.15, -0.1) is 11.3 Å². The third-order valence-corrected chi connectivity index (χ3v) is 6.34. The Hall–Kier alpha value is -2.46. The molecule has 4 aromatic rings. The molecule has 1 aliphatic rings. The fourth-order valence-corrected chi connectivity index (χ4v) is 5.25. The van der Waals surface area contributed by atoms with E-state index in [4.69, 9.17) is 9.40 Å². The monoisotopic (exact) mass is 363 g/mol. The molecule has 1 aromatic carbocycles. The molecule has 0 amide bonds. The highest BCUT2D eigenvalue weighted by atomic mass is 32.1. The summed E-state index contributed by atoms with van der Waals surface area (Å²) in [6.07, 6.45) is 5.15. The van der Waals surface area contributed by atoms with Crippen LogP contribution in [0.5, 0.6) is 0 Å². The van der Waals surface area contributed by atoms with Crippen LogP contribution in [0.15, 0.2) is 53.1 Å². The molecule has 0 unspecified atom stereocenters. The maximum absolute atomic E-state index is 13.3. The van der Waals surface area contributed by atoms with Crippen LogP contribution in [-0.4, -0.2) is 4.98 Å². The van der Waals surface area contributed by atoms with E-state index in [-0.39, 0.29) is 5.82 Å². The number of benzene rings is 1. The van der Waals surface area contributed by atoms with Gasteiger partial charge in [0.05, 0.1) is 12.0 Å². The number of aryl methyl sites for hydroxylation is 1. The number of nitrogens with zero attached hydrogens (tertiary/aromatic N) is 1. The Kier molecular flexibility index (Phi) is 3.68. The zero-order chi connectivity index (χ0) is 17.7. The Morgan fingerprint density at radius 3 is 2.81 bits per heavy atom. The van der Waals surface area contributed by atoms with Crippen molar-refractivity contribution in [1.82, 2.24) is 4.98 Å². The molecular weight excluding hydrogens is 345 g/mol. The van der Waals surface area contributed by atoms with Crippen LogP contribution in [0.2, 0.25) is 0 Å². The molecule has 1 aliphatic carbocycles. The van der Waals surface area contributed by atoms with E-state index in [2.05, 4.69) is 13.0 Å². The number of rotatable bonds is 2. The molecule has 5 rings (SSSR count). The van der Waals surface area contributed by atoms with Crippen molar-refractivity contribution in [3.8, 4) is 22.6 Å². The molecule has 1 atom stereocenters. The Morgan fingerprint density at radius 2 is 2.04 bits per heavy atom. The van der Waals surface area contributed by atoms with Crippen LogP contribution in [-0.2, 0) is 12.8 Å². The first kappa shape index (κ1) is 15.8. The van der Waals surface area contributed by atoms with E-state index < -0.39 is 0 Å². The fraction of sp³-hybridized carbons (Fsp3) is 0.227. The second-order valence-electron chi connectivity index (χ2n) is 7.07. The summed E-state index contributed by atoms with van der Waals surface area (Å²) in [6.45, 7) is 2.32. The van der Waals surface area contributed by atoms with Gasteiger partial charge in [0.15, 0.2) is 0 Å². The van der Waals surface area contributed by atoms with Gasteiger partial charge < -0.3 is 4.42 Å². The highest BCUT2D eigenvalue weighted by Crippen LogP contribution is 2.43.